The Labute approximate surface area is 144 Å². The van der Waals surface area contributed by atoms with Gasteiger partial charge in [-0.1, -0.05) is 23.7 Å². The minimum atomic E-state index is -0.609. The van der Waals surface area contributed by atoms with Crippen molar-refractivity contribution < 1.29 is 19.2 Å². The summed E-state index contributed by atoms with van der Waals surface area (Å²) in [6, 6.07) is 11.0. The Balaban J connectivity index is 2.08. The van der Waals surface area contributed by atoms with E-state index < -0.39 is 17.0 Å². The lowest BCUT2D eigenvalue weighted by atomic mass is 10.1. The molecule has 0 aliphatic rings. The van der Waals surface area contributed by atoms with E-state index in [1.54, 1.807) is 37.3 Å². The summed E-state index contributed by atoms with van der Waals surface area (Å²) < 4.78 is 10.5. The van der Waals surface area contributed by atoms with E-state index in [1.807, 2.05) is 0 Å². The van der Waals surface area contributed by atoms with Gasteiger partial charge in [0, 0.05) is 22.7 Å². The molecule has 2 rings (SSSR count). The number of methoxy groups -OCH3 is 1. The number of non-ortho nitro benzene ring substituents is 1. The number of halogens is 1. The average molecular weight is 350 g/mol. The molecule has 0 saturated heterocycles. The van der Waals surface area contributed by atoms with Crippen LogP contribution in [0.1, 0.15) is 24.2 Å². The molecule has 24 heavy (non-hydrogen) atoms. The van der Waals surface area contributed by atoms with E-state index in [0.29, 0.717) is 21.9 Å². The van der Waals surface area contributed by atoms with Crippen LogP contribution in [0.3, 0.4) is 0 Å². The zero-order valence-electron chi connectivity index (χ0n) is 13.2. The number of benzene rings is 2. The first-order valence-electron chi connectivity index (χ1n) is 7.17. The van der Waals surface area contributed by atoms with Crippen molar-refractivity contribution >= 4 is 23.3 Å². The quantitative estimate of drug-likeness (QED) is 0.445. The van der Waals surface area contributed by atoms with Crippen LogP contribution in [-0.2, 0) is 16.0 Å². The highest BCUT2D eigenvalue weighted by atomic mass is 35.5. The van der Waals surface area contributed by atoms with Crippen LogP contribution < -0.4 is 4.74 Å². The minimum absolute atomic E-state index is 0.0109. The summed E-state index contributed by atoms with van der Waals surface area (Å²) in [5.41, 5.74) is 1.11. The van der Waals surface area contributed by atoms with Crippen LogP contribution in [0, 0.1) is 10.1 Å². The molecule has 0 unspecified atom stereocenters. The third kappa shape index (κ3) is 4.45. The van der Waals surface area contributed by atoms with Crippen LogP contribution in [0.15, 0.2) is 42.5 Å². The highest BCUT2D eigenvalue weighted by Gasteiger charge is 2.17. The van der Waals surface area contributed by atoms with Gasteiger partial charge in [0.25, 0.3) is 5.69 Å². The largest absolute Gasteiger partial charge is 0.496 e. The first-order chi connectivity index (χ1) is 11.4. The van der Waals surface area contributed by atoms with Gasteiger partial charge in [-0.3, -0.25) is 14.9 Å². The van der Waals surface area contributed by atoms with Crippen molar-refractivity contribution in [3.8, 4) is 5.75 Å². The Morgan fingerprint density at radius 2 is 2.04 bits per heavy atom. The SMILES string of the molecule is COc1ccc(Cl)cc1CC(=O)O[C@H](C)c1cccc([N+](=O)[O-])c1. The lowest BCUT2D eigenvalue weighted by Crippen LogP contribution is -2.12. The Morgan fingerprint density at radius 1 is 1.29 bits per heavy atom. The lowest BCUT2D eigenvalue weighted by molar-refractivity contribution is -0.385. The number of hydrogen-bond donors (Lipinski definition) is 0. The molecule has 126 valence electrons. The topological polar surface area (TPSA) is 78.7 Å². The van der Waals surface area contributed by atoms with Gasteiger partial charge >= 0.3 is 5.97 Å². The third-order valence-electron chi connectivity index (χ3n) is 3.44. The normalized spacial score (nSPS) is 11.6. The van der Waals surface area contributed by atoms with E-state index in [1.165, 1.54) is 19.2 Å². The second-order valence-corrected chi connectivity index (χ2v) is 5.55. The number of nitro groups is 1. The van der Waals surface area contributed by atoms with E-state index in [4.69, 9.17) is 21.1 Å². The summed E-state index contributed by atoms with van der Waals surface area (Å²) in [4.78, 5) is 22.5. The number of hydrogen-bond acceptors (Lipinski definition) is 5. The van der Waals surface area contributed by atoms with E-state index >= 15 is 0 Å². The molecule has 0 fully saturated rings. The maximum atomic E-state index is 12.1. The van der Waals surface area contributed by atoms with Gasteiger partial charge < -0.3 is 9.47 Å². The van der Waals surface area contributed by atoms with Crippen molar-refractivity contribution in [1.29, 1.82) is 0 Å². The van der Waals surface area contributed by atoms with Crippen LogP contribution in [-0.4, -0.2) is 18.0 Å². The van der Waals surface area contributed by atoms with Crippen molar-refractivity contribution in [2.75, 3.05) is 7.11 Å². The molecule has 0 aromatic heterocycles. The standard InChI is InChI=1S/C17H16ClNO5/c1-11(12-4-3-5-15(9-12)19(21)22)24-17(20)10-13-8-14(18)6-7-16(13)23-2/h3-9,11H,10H2,1-2H3/t11-/m1/s1. The molecular weight excluding hydrogens is 334 g/mol. The highest BCUT2D eigenvalue weighted by Crippen LogP contribution is 2.25. The van der Waals surface area contributed by atoms with E-state index in [2.05, 4.69) is 0 Å². The molecule has 0 heterocycles. The van der Waals surface area contributed by atoms with Gasteiger partial charge in [-0.25, -0.2) is 0 Å². The first-order valence-corrected chi connectivity index (χ1v) is 7.54. The Morgan fingerprint density at radius 3 is 2.71 bits per heavy atom. The predicted octanol–water partition coefficient (Wildman–Crippen LogP) is 4.10. The molecule has 0 N–H and O–H groups in total. The monoisotopic (exact) mass is 349 g/mol. The zero-order valence-corrected chi connectivity index (χ0v) is 13.9. The molecule has 0 aliphatic heterocycles. The third-order valence-corrected chi connectivity index (χ3v) is 3.67. The van der Waals surface area contributed by atoms with Crippen molar-refractivity contribution in [2.24, 2.45) is 0 Å². The molecule has 0 bridgehead atoms. The number of ether oxygens (including phenoxy) is 2. The van der Waals surface area contributed by atoms with Crippen molar-refractivity contribution in [3.05, 3.63) is 68.7 Å². The fourth-order valence-corrected chi connectivity index (χ4v) is 2.43. The Kier molecular flexibility index (Phi) is 5.76. The average Bonchev–Trinajstić information content (AvgIpc) is 2.55. The second kappa shape index (κ2) is 7.79. The summed E-state index contributed by atoms with van der Waals surface area (Å²) in [7, 11) is 1.50. The molecule has 1 atom stereocenters. The van der Waals surface area contributed by atoms with Gasteiger partial charge in [0.05, 0.1) is 18.5 Å². The Bertz CT molecular complexity index is 762. The molecule has 0 radical (unpaired) electrons. The molecule has 7 heteroatoms. The fraction of sp³-hybridized carbons (Fsp3) is 0.235. The van der Waals surface area contributed by atoms with Gasteiger partial charge in [0.15, 0.2) is 0 Å². The molecule has 2 aromatic rings. The first kappa shape index (κ1) is 17.7. The van der Waals surface area contributed by atoms with E-state index in [0.717, 1.165) is 0 Å². The molecular formula is C17H16ClNO5. The number of carbonyl (C=O) groups is 1. The molecule has 0 amide bonds. The van der Waals surface area contributed by atoms with Gasteiger partial charge in [-0.15, -0.1) is 0 Å². The summed E-state index contributed by atoms with van der Waals surface area (Å²) in [5, 5.41) is 11.3. The van der Waals surface area contributed by atoms with Gasteiger partial charge in [0.1, 0.15) is 11.9 Å². The number of rotatable bonds is 6. The number of esters is 1. The maximum Gasteiger partial charge on any atom is 0.311 e. The van der Waals surface area contributed by atoms with Crippen molar-refractivity contribution in [1.82, 2.24) is 0 Å². The smallest absolute Gasteiger partial charge is 0.311 e. The molecule has 0 saturated carbocycles. The number of nitrogens with zero attached hydrogens (tertiary/aromatic N) is 1. The highest BCUT2D eigenvalue weighted by molar-refractivity contribution is 6.30. The molecule has 0 spiro atoms. The van der Waals surface area contributed by atoms with Crippen molar-refractivity contribution in [3.63, 3.8) is 0 Å². The van der Waals surface area contributed by atoms with E-state index in [-0.39, 0.29) is 12.1 Å². The second-order valence-electron chi connectivity index (χ2n) is 5.12. The molecule has 0 aliphatic carbocycles. The maximum absolute atomic E-state index is 12.1. The summed E-state index contributed by atoms with van der Waals surface area (Å²) in [6.45, 7) is 1.66. The molecule has 6 nitrogen and oxygen atoms in total. The van der Waals surface area contributed by atoms with Crippen LogP contribution in [0.2, 0.25) is 5.02 Å². The summed E-state index contributed by atoms with van der Waals surface area (Å²) >= 11 is 5.93. The lowest BCUT2D eigenvalue weighted by Gasteiger charge is -2.14. The van der Waals surface area contributed by atoms with Gasteiger partial charge in [-0.05, 0) is 30.7 Å². The van der Waals surface area contributed by atoms with Crippen LogP contribution in [0.4, 0.5) is 5.69 Å². The van der Waals surface area contributed by atoms with Gasteiger partial charge in [-0.2, -0.15) is 0 Å². The summed E-state index contributed by atoms with van der Waals surface area (Å²) in [6.07, 6.45) is -0.620. The number of carbonyl (C=O) groups excluding carboxylic acids is 1. The predicted molar refractivity (Wildman–Crippen MR) is 89.3 cm³/mol. The Hall–Kier alpha value is -2.60. The van der Waals surface area contributed by atoms with Gasteiger partial charge in [0.2, 0.25) is 0 Å². The van der Waals surface area contributed by atoms with E-state index in [9.17, 15) is 14.9 Å². The minimum Gasteiger partial charge on any atom is -0.496 e. The van der Waals surface area contributed by atoms with Crippen molar-refractivity contribution in [2.45, 2.75) is 19.4 Å². The van der Waals surface area contributed by atoms with Crippen LogP contribution >= 0.6 is 11.6 Å². The summed E-state index contributed by atoms with van der Waals surface area (Å²) in [5.74, 6) is 0.0638. The number of nitro benzene ring substituents is 1. The molecule has 2 aromatic carbocycles. The van der Waals surface area contributed by atoms with Crippen LogP contribution in [0.5, 0.6) is 5.75 Å². The fourth-order valence-electron chi connectivity index (χ4n) is 2.24. The van der Waals surface area contributed by atoms with Crippen LogP contribution in [0.25, 0.3) is 0 Å². The zero-order chi connectivity index (χ0) is 17.7.